The lowest BCUT2D eigenvalue weighted by Gasteiger charge is -2.22. The van der Waals surface area contributed by atoms with Gasteiger partial charge in [-0.25, -0.2) is 4.98 Å². The molecule has 6 nitrogen and oxygen atoms in total. The molecule has 0 aliphatic heterocycles. The van der Waals surface area contributed by atoms with Crippen molar-refractivity contribution in [3.8, 4) is 0 Å². The maximum atomic E-state index is 11.6. The number of nitrogens with one attached hydrogen (secondary N) is 1. The van der Waals surface area contributed by atoms with Crippen molar-refractivity contribution in [3.05, 3.63) is 11.8 Å². The van der Waals surface area contributed by atoms with Crippen molar-refractivity contribution in [1.82, 2.24) is 15.3 Å². The lowest BCUT2D eigenvalue weighted by atomic mass is 10.3. The fourth-order valence-electron chi connectivity index (χ4n) is 1.53. The normalized spacial score (nSPS) is 10.1. The minimum absolute atomic E-state index is 0.0223. The molecule has 0 spiro atoms. The van der Waals surface area contributed by atoms with E-state index >= 15 is 0 Å². The second-order valence-corrected chi connectivity index (χ2v) is 3.70. The summed E-state index contributed by atoms with van der Waals surface area (Å²) in [6, 6.07) is 0. The highest BCUT2D eigenvalue weighted by Gasteiger charge is 2.13. The number of rotatable bonds is 5. The standard InChI is InChI=1S/C11H19N5O/c1-4-13-9(17)7-16(5-2)10-8(3)6-14-11(12)15-10/h6H,4-5,7H2,1-3H3,(H,13,17)(H2,12,14,15). The molecule has 0 aromatic carbocycles. The van der Waals surface area contributed by atoms with Gasteiger partial charge in [0.05, 0.1) is 6.54 Å². The Morgan fingerprint density at radius 2 is 2.24 bits per heavy atom. The van der Waals surface area contributed by atoms with Gasteiger partial charge >= 0.3 is 0 Å². The van der Waals surface area contributed by atoms with Gasteiger partial charge in [0, 0.05) is 24.8 Å². The van der Waals surface area contributed by atoms with Crippen LogP contribution in [0.15, 0.2) is 6.20 Å². The molecule has 1 amide bonds. The molecule has 1 heterocycles. The van der Waals surface area contributed by atoms with Gasteiger partial charge in [0.25, 0.3) is 0 Å². The first-order chi connectivity index (χ1) is 8.08. The van der Waals surface area contributed by atoms with Gasteiger partial charge in [-0.2, -0.15) is 4.98 Å². The zero-order chi connectivity index (χ0) is 12.8. The molecule has 0 atom stereocenters. The molecule has 94 valence electrons. The van der Waals surface area contributed by atoms with Crippen LogP contribution >= 0.6 is 0 Å². The number of nitrogens with zero attached hydrogens (tertiary/aromatic N) is 3. The third-order valence-electron chi connectivity index (χ3n) is 2.35. The minimum Gasteiger partial charge on any atom is -0.368 e. The first-order valence-electron chi connectivity index (χ1n) is 5.69. The number of anilines is 2. The Morgan fingerprint density at radius 1 is 1.53 bits per heavy atom. The van der Waals surface area contributed by atoms with Crippen LogP contribution in [0.3, 0.4) is 0 Å². The summed E-state index contributed by atoms with van der Waals surface area (Å²) < 4.78 is 0. The molecule has 0 saturated heterocycles. The number of carbonyl (C=O) groups excluding carboxylic acids is 1. The van der Waals surface area contributed by atoms with E-state index in [1.165, 1.54) is 0 Å². The van der Waals surface area contributed by atoms with Crippen molar-refractivity contribution in [1.29, 1.82) is 0 Å². The SMILES string of the molecule is CCNC(=O)CN(CC)c1nc(N)ncc1C. The van der Waals surface area contributed by atoms with Crippen LogP contribution in [0.25, 0.3) is 0 Å². The zero-order valence-corrected chi connectivity index (χ0v) is 10.5. The lowest BCUT2D eigenvalue weighted by molar-refractivity contribution is -0.119. The molecule has 0 saturated carbocycles. The Bertz CT molecular complexity index is 393. The van der Waals surface area contributed by atoms with Gasteiger partial charge in [0.1, 0.15) is 5.82 Å². The maximum absolute atomic E-state index is 11.6. The van der Waals surface area contributed by atoms with Crippen molar-refractivity contribution >= 4 is 17.7 Å². The highest BCUT2D eigenvalue weighted by Crippen LogP contribution is 2.16. The monoisotopic (exact) mass is 237 g/mol. The molecular formula is C11H19N5O. The lowest BCUT2D eigenvalue weighted by Crippen LogP contribution is -2.38. The Kier molecular flexibility index (Phi) is 4.68. The molecule has 0 radical (unpaired) electrons. The second kappa shape index (κ2) is 6.03. The van der Waals surface area contributed by atoms with Crippen LogP contribution < -0.4 is 16.0 Å². The van der Waals surface area contributed by atoms with Gasteiger partial charge in [-0.05, 0) is 20.8 Å². The number of aromatic nitrogens is 2. The molecule has 17 heavy (non-hydrogen) atoms. The highest BCUT2D eigenvalue weighted by atomic mass is 16.2. The minimum atomic E-state index is -0.0223. The zero-order valence-electron chi connectivity index (χ0n) is 10.5. The van der Waals surface area contributed by atoms with Crippen molar-refractivity contribution in [2.45, 2.75) is 20.8 Å². The molecule has 0 unspecified atom stereocenters. The first-order valence-corrected chi connectivity index (χ1v) is 5.69. The smallest absolute Gasteiger partial charge is 0.239 e. The van der Waals surface area contributed by atoms with Crippen LogP contribution in [0, 0.1) is 6.92 Å². The summed E-state index contributed by atoms with van der Waals surface area (Å²) in [7, 11) is 0. The number of nitrogen functional groups attached to an aromatic ring is 1. The van der Waals surface area contributed by atoms with Crippen LogP contribution in [-0.2, 0) is 4.79 Å². The van der Waals surface area contributed by atoms with E-state index in [0.29, 0.717) is 18.9 Å². The van der Waals surface area contributed by atoms with Gasteiger partial charge in [0.15, 0.2) is 0 Å². The number of amides is 1. The summed E-state index contributed by atoms with van der Waals surface area (Å²) in [4.78, 5) is 21.5. The van der Waals surface area contributed by atoms with E-state index in [2.05, 4.69) is 15.3 Å². The van der Waals surface area contributed by atoms with E-state index in [9.17, 15) is 4.79 Å². The molecule has 6 heteroatoms. The average Bonchev–Trinajstić information content (AvgIpc) is 2.30. The van der Waals surface area contributed by atoms with Gasteiger partial charge in [0.2, 0.25) is 11.9 Å². The molecule has 3 N–H and O–H groups in total. The predicted octanol–water partition coefficient (Wildman–Crippen LogP) is 0.330. The van der Waals surface area contributed by atoms with E-state index in [1.807, 2.05) is 25.7 Å². The molecular weight excluding hydrogens is 218 g/mol. The van der Waals surface area contributed by atoms with Crippen LogP contribution in [0.2, 0.25) is 0 Å². The van der Waals surface area contributed by atoms with Crippen molar-refractivity contribution < 1.29 is 4.79 Å². The Balaban J connectivity index is 2.85. The Labute approximate surface area is 101 Å². The molecule has 0 bridgehead atoms. The summed E-state index contributed by atoms with van der Waals surface area (Å²) in [5.74, 6) is 0.914. The summed E-state index contributed by atoms with van der Waals surface area (Å²) in [5, 5.41) is 2.76. The fraction of sp³-hybridized carbons (Fsp3) is 0.545. The number of hydrogen-bond donors (Lipinski definition) is 2. The Hall–Kier alpha value is -1.85. The predicted molar refractivity (Wildman–Crippen MR) is 67.8 cm³/mol. The molecule has 0 aliphatic carbocycles. The molecule has 0 aliphatic rings. The van der Waals surface area contributed by atoms with Gasteiger partial charge in [-0.1, -0.05) is 0 Å². The molecule has 1 rings (SSSR count). The molecule has 1 aromatic heterocycles. The topological polar surface area (TPSA) is 84.1 Å². The van der Waals surface area contributed by atoms with Crippen LogP contribution in [-0.4, -0.2) is 35.5 Å². The van der Waals surface area contributed by atoms with Crippen molar-refractivity contribution in [2.24, 2.45) is 0 Å². The number of carbonyl (C=O) groups is 1. The molecule has 1 aromatic rings. The van der Waals surface area contributed by atoms with Gasteiger partial charge in [-0.3, -0.25) is 4.79 Å². The third-order valence-corrected chi connectivity index (χ3v) is 2.35. The number of aryl methyl sites for hydroxylation is 1. The van der Waals surface area contributed by atoms with Gasteiger partial charge in [-0.15, -0.1) is 0 Å². The highest BCUT2D eigenvalue weighted by molar-refractivity contribution is 5.81. The van der Waals surface area contributed by atoms with Gasteiger partial charge < -0.3 is 16.0 Å². The van der Waals surface area contributed by atoms with E-state index in [1.54, 1.807) is 6.20 Å². The maximum Gasteiger partial charge on any atom is 0.239 e. The average molecular weight is 237 g/mol. The van der Waals surface area contributed by atoms with E-state index in [0.717, 1.165) is 5.56 Å². The number of nitrogens with two attached hydrogens (primary N) is 1. The van der Waals surface area contributed by atoms with E-state index < -0.39 is 0 Å². The number of likely N-dealkylation sites (N-methyl/N-ethyl adjacent to an activating group) is 2. The Morgan fingerprint density at radius 3 is 2.82 bits per heavy atom. The van der Waals surface area contributed by atoms with E-state index in [4.69, 9.17) is 5.73 Å². The first kappa shape index (κ1) is 13.2. The summed E-state index contributed by atoms with van der Waals surface area (Å²) in [6.07, 6.45) is 1.66. The summed E-state index contributed by atoms with van der Waals surface area (Å²) in [6.45, 7) is 7.35. The summed E-state index contributed by atoms with van der Waals surface area (Å²) >= 11 is 0. The second-order valence-electron chi connectivity index (χ2n) is 3.70. The molecule has 0 fully saturated rings. The van der Waals surface area contributed by atoms with Crippen molar-refractivity contribution in [3.63, 3.8) is 0 Å². The fourth-order valence-corrected chi connectivity index (χ4v) is 1.53. The number of hydrogen-bond acceptors (Lipinski definition) is 5. The van der Waals surface area contributed by atoms with Crippen molar-refractivity contribution in [2.75, 3.05) is 30.3 Å². The largest absolute Gasteiger partial charge is 0.368 e. The summed E-state index contributed by atoms with van der Waals surface area (Å²) in [5.41, 5.74) is 6.47. The quantitative estimate of drug-likeness (QED) is 0.771. The van der Waals surface area contributed by atoms with Crippen LogP contribution in [0.4, 0.5) is 11.8 Å². The third kappa shape index (κ3) is 3.58. The van der Waals surface area contributed by atoms with Crippen LogP contribution in [0.5, 0.6) is 0 Å². The van der Waals surface area contributed by atoms with E-state index in [-0.39, 0.29) is 18.4 Å². The van der Waals surface area contributed by atoms with Crippen LogP contribution in [0.1, 0.15) is 19.4 Å².